The molecule has 1 amide bonds. The first-order valence-electron chi connectivity index (χ1n) is 10.6. The van der Waals surface area contributed by atoms with E-state index in [-0.39, 0.29) is 11.9 Å². The zero-order valence-electron chi connectivity index (χ0n) is 18.7. The molecule has 1 aliphatic rings. The van der Waals surface area contributed by atoms with Crippen molar-refractivity contribution < 1.29 is 28.7 Å². The molecule has 1 aliphatic carbocycles. The van der Waals surface area contributed by atoms with Gasteiger partial charge < -0.3 is 14.8 Å². The third kappa shape index (κ3) is 7.78. The number of hydrogen-bond acceptors (Lipinski definition) is 6. The minimum Gasteiger partial charge on any atom is -0.467 e. The molecule has 0 radical (unpaired) electrons. The highest BCUT2D eigenvalue weighted by molar-refractivity contribution is 6.05. The van der Waals surface area contributed by atoms with Crippen LogP contribution in [-0.2, 0) is 28.7 Å². The number of Topliss-reactive ketones (excluding diaryl/α,β-unsaturated/α-hetero) is 1. The number of methoxy groups -OCH3 is 1. The van der Waals surface area contributed by atoms with Crippen molar-refractivity contribution in [2.24, 2.45) is 17.8 Å². The molecule has 0 aromatic heterocycles. The summed E-state index contributed by atoms with van der Waals surface area (Å²) in [5.74, 6) is -3.38. The van der Waals surface area contributed by atoms with E-state index in [9.17, 15) is 19.2 Å². The number of esters is 2. The Kier molecular flexibility index (Phi) is 9.80. The molecule has 3 atom stereocenters. The summed E-state index contributed by atoms with van der Waals surface area (Å²) in [6.45, 7) is 8.58. The average Bonchev–Trinajstić information content (AvgIpc) is 2.64. The van der Waals surface area contributed by atoms with Gasteiger partial charge in [0.1, 0.15) is 5.60 Å². The van der Waals surface area contributed by atoms with E-state index in [0.29, 0.717) is 12.8 Å². The molecule has 0 aromatic carbocycles. The van der Waals surface area contributed by atoms with E-state index >= 15 is 0 Å². The third-order valence-electron chi connectivity index (χ3n) is 5.34. The monoisotopic (exact) mass is 411 g/mol. The Hall–Kier alpha value is -1.92. The van der Waals surface area contributed by atoms with E-state index in [4.69, 9.17) is 4.74 Å². The Morgan fingerprint density at radius 3 is 2.07 bits per heavy atom. The molecule has 0 spiro atoms. The lowest BCUT2D eigenvalue weighted by atomic mass is 9.72. The van der Waals surface area contributed by atoms with E-state index in [2.05, 4.69) is 10.1 Å². The summed E-state index contributed by atoms with van der Waals surface area (Å²) in [5, 5.41) is 2.52. The fourth-order valence-corrected chi connectivity index (χ4v) is 4.03. The Morgan fingerprint density at radius 2 is 1.62 bits per heavy atom. The van der Waals surface area contributed by atoms with Gasteiger partial charge in [0.15, 0.2) is 11.8 Å². The summed E-state index contributed by atoms with van der Waals surface area (Å²) in [4.78, 5) is 50.0. The van der Waals surface area contributed by atoms with Crippen molar-refractivity contribution in [2.45, 2.75) is 91.2 Å². The normalized spacial score (nSPS) is 18.3. The molecule has 0 heterocycles. The number of ether oxygens (including phenoxy) is 2. The quantitative estimate of drug-likeness (QED) is 0.462. The van der Waals surface area contributed by atoms with Gasteiger partial charge in [0.25, 0.3) is 0 Å². The lowest BCUT2D eigenvalue weighted by molar-refractivity contribution is -0.167. The van der Waals surface area contributed by atoms with E-state index in [1.807, 2.05) is 6.92 Å². The highest BCUT2D eigenvalue weighted by Gasteiger charge is 2.42. The van der Waals surface area contributed by atoms with E-state index in [0.717, 1.165) is 32.1 Å². The van der Waals surface area contributed by atoms with Crippen molar-refractivity contribution >= 4 is 23.6 Å². The van der Waals surface area contributed by atoms with Crippen molar-refractivity contribution in [3.63, 3.8) is 0 Å². The summed E-state index contributed by atoms with van der Waals surface area (Å²) in [6, 6.07) is -1.36. The van der Waals surface area contributed by atoms with Gasteiger partial charge >= 0.3 is 11.9 Å². The van der Waals surface area contributed by atoms with Crippen LogP contribution >= 0.6 is 0 Å². The van der Waals surface area contributed by atoms with Gasteiger partial charge in [-0.05, 0) is 52.9 Å². The van der Waals surface area contributed by atoms with Gasteiger partial charge in [-0.3, -0.25) is 14.4 Å². The maximum atomic E-state index is 13.1. The summed E-state index contributed by atoms with van der Waals surface area (Å²) in [5.41, 5.74) is -0.662. The summed E-state index contributed by atoms with van der Waals surface area (Å²) in [7, 11) is 1.17. The highest BCUT2D eigenvalue weighted by Crippen LogP contribution is 2.37. The number of nitrogens with one attached hydrogen (secondary N) is 1. The van der Waals surface area contributed by atoms with E-state index < -0.39 is 41.1 Å². The van der Waals surface area contributed by atoms with Crippen LogP contribution in [0, 0.1) is 17.8 Å². The molecule has 166 valence electrons. The van der Waals surface area contributed by atoms with Gasteiger partial charge in [-0.25, -0.2) is 4.79 Å². The molecule has 29 heavy (non-hydrogen) atoms. The number of rotatable bonds is 9. The molecule has 7 nitrogen and oxygen atoms in total. The van der Waals surface area contributed by atoms with Crippen LogP contribution in [0.2, 0.25) is 0 Å². The van der Waals surface area contributed by atoms with Gasteiger partial charge in [-0.1, -0.05) is 32.6 Å². The van der Waals surface area contributed by atoms with Crippen molar-refractivity contribution in [3.8, 4) is 0 Å². The third-order valence-corrected chi connectivity index (χ3v) is 5.34. The lowest BCUT2D eigenvalue weighted by Gasteiger charge is -2.35. The van der Waals surface area contributed by atoms with Gasteiger partial charge in [-0.2, -0.15) is 0 Å². The molecule has 1 saturated carbocycles. The SMILES string of the molecule is CCCC(C(=O)NC(C(C)=O)C(=O)OC)C(C(=O)OC(C)(C)C)C1CCCCC1. The molecule has 1 rings (SSSR count). The largest absolute Gasteiger partial charge is 0.467 e. The molecular weight excluding hydrogens is 374 g/mol. The van der Waals surface area contributed by atoms with E-state index in [1.54, 1.807) is 20.8 Å². The molecule has 0 saturated heterocycles. The Morgan fingerprint density at radius 1 is 1.03 bits per heavy atom. The maximum absolute atomic E-state index is 13.1. The first-order chi connectivity index (χ1) is 13.5. The zero-order valence-corrected chi connectivity index (χ0v) is 18.7. The van der Waals surface area contributed by atoms with Crippen LogP contribution in [0.25, 0.3) is 0 Å². The van der Waals surface area contributed by atoms with Crippen LogP contribution in [-0.4, -0.2) is 42.4 Å². The standard InChI is InChI=1S/C22H37NO6/c1-7-11-16(19(25)23-18(14(2)24)21(27)28-6)17(15-12-9-8-10-13-15)20(26)29-22(3,4)5/h15-18H,7-13H2,1-6H3,(H,23,25). The number of hydrogen-bond donors (Lipinski definition) is 1. The maximum Gasteiger partial charge on any atom is 0.336 e. The minimum atomic E-state index is -1.36. The summed E-state index contributed by atoms with van der Waals surface area (Å²) < 4.78 is 10.3. The van der Waals surface area contributed by atoms with Crippen LogP contribution in [0.15, 0.2) is 0 Å². The predicted molar refractivity (Wildman–Crippen MR) is 109 cm³/mol. The number of carbonyl (C=O) groups excluding carboxylic acids is 4. The van der Waals surface area contributed by atoms with Crippen LogP contribution in [0.1, 0.15) is 79.6 Å². The first-order valence-corrected chi connectivity index (χ1v) is 10.6. The molecule has 0 bridgehead atoms. The molecule has 7 heteroatoms. The van der Waals surface area contributed by atoms with Gasteiger partial charge in [0.2, 0.25) is 5.91 Å². The predicted octanol–water partition coefficient (Wildman–Crippen LogP) is 3.19. The van der Waals surface area contributed by atoms with Crippen LogP contribution in [0.5, 0.6) is 0 Å². The van der Waals surface area contributed by atoms with Crippen molar-refractivity contribution in [1.29, 1.82) is 0 Å². The molecule has 1 fully saturated rings. The van der Waals surface area contributed by atoms with Crippen molar-refractivity contribution in [1.82, 2.24) is 5.32 Å². The van der Waals surface area contributed by atoms with E-state index in [1.165, 1.54) is 14.0 Å². The second-order valence-electron chi connectivity index (χ2n) is 8.93. The molecule has 0 aliphatic heterocycles. The Balaban J connectivity index is 3.18. The lowest BCUT2D eigenvalue weighted by Crippen LogP contribution is -2.51. The number of carbonyl (C=O) groups is 4. The smallest absolute Gasteiger partial charge is 0.336 e. The first kappa shape index (κ1) is 25.1. The molecular formula is C22H37NO6. The zero-order chi connectivity index (χ0) is 22.2. The number of ketones is 1. The Bertz CT molecular complexity index is 589. The van der Waals surface area contributed by atoms with Gasteiger partial charge in [-0.15, -0.1) is 0 Å². The minimum absolute atomic E-state index is 0.0507. The van der Waals surface area contributed by atoms with Gasteiger partial charge in [0, 0.05) is 0 Å². The molecule has 0 aromatic rings. The van der Waals surface area contributed by atoms with Crippen LogP contribution in [0.4, 0.5) is 0 Å². The van der Waals surface area contributed by atoms with Crippen molar-refractivity contribution in [3.05, 3.63) is 0 Å². The van der Waals surface area contributed by atoms with Crippen molar-refractivity contribution in [2.75, 3.05) is 7.11 Å². The summed E-state index contributed by atoms with van der Waals surface area (Å²) in [6.07, 6.45) is 6.04. The number of amides is 1. The highest BCUT2D eigenvalue weighted by atomic mass is 16.6. The van der Waals surface area contributed by atoms with Gasteiger partial charge in [0.05, 0.1) is 18.9 Å². The van der Waals surface area contributed by atoms with Crippen LogP contribution < -0.4 is 5.32 Å². The molecule has 3 unspecified atom stereocenters. The second kappa shape index (κ2) is 11.3. The Labute approximate surface area is 174 Å². The summed E-state index contributed by atoms with van der Waals surface area (Å²) >= 11 is 0. The fourth-order valence-electron chi connectivity index (χ4n) is 4.03. The van der Waals surface area contributed by atoms with Crippen LogP contribution in [0.3, 0.4) is 0 Å². The fraction of sp³-hybridized carbons (Fsp3) is 0.818. The average molecular weight is 412 g/mol. The molecule has 1 N–H and O–H groups in total. The topological polar surface area (TPSA) is 98.8 Å². The second-order valence-corrected chi connectivity index (χ2v) is 8.93.